The molecule has 1 fully saturated rings. The molecule has 0 aromatic carbocycles. The second-order valence-electron chi connectivity index (χ2n) is 6.90. The summed E-state index contributed by atoms with van der Waals surface area (Å²) in [4.78, 5) is 2.50. The topological polar surface area (TPSA) is 33.7 Å². The Bertz CT molecular complexity index is 251. The lowest BCUT2D eigenvalue weighted by atomic mass is 9.98. The molecule has 0 spiro atoms. The lowest BCUT2D eigenvalue weighted by Gasteiger charge is -2.48. The van der Waals surface area contributed by atoms with Crippen molar-refractivity contribution < 1.29 is 9.47 Å². The summed E-state index contributed by atoms with van der Waals surface area (Å²) in [6.45, 7) is 15.7. The van der Waals surface area contributed by atoms with E-state index in [4.69, 9.17) is 9.47 Å². The van der Waals surface area contributed by atoms with Crippen LogP contribution in [0.5, 0.6) is 0 Å². The molecule has 0 saturated carbocycles. The van der Waals surface area contributed by atoms with Crippen LogP contribution in [0.25, 0.3) is 0 Å². The zero-order chi connectivity index (χ0) is 14.5. The van der Waals surface area contributed by atoms with Gasteiger partial charge in [-0.15, -0.1) is 0 Å². The molecule has 1 aliphatic heterocycles. The Morgan fingerprint density at radius 2 is 1.79 bits per heavy atom. The van der Waals surface area contributed by atoms with Gasteiger partial charge in [-0.2, -0.15) is 0 Å². The smallest absolute Gasteiger partial charge is 0.0760 e. The second-order valence-corrected chi connectivity index (χ2v) is 6.90. The highest BCUT2D eigenvalue weighted by Crippen LogP contribution is 2.27. The molecular weight excluding hydrogens is 240 g/mol. The van der Waals surface area contributed by atoms with Gasteiger partial charge in [-0.1, -0.05) is 6.92 Å². The molecule has 1 N–H and O–H groups in total. The third-order valence-electron chi connectivity index (χ3n) is 3.29. The molecule has 1 rings (SSSR count). The van der Waals surface area contributed by atoms with E-state index in [1.54, 1.807) is 7.11 Å². The third-order valence-corrected chi connectivity index (χ3v) is 3.29. The Morgan fingerprint density at radius 1 is 1.21 bits per heavy atom. The lowest BCUT2D eigenvalue weighted by Crippen LogP contribution is -2.59. The van der Waals surface area contributed by atoms with Crippen LogP contribution < -0.4 is 5.32 Å². The van der Waals surface area contributed by atoms with E-state index in [1.165, 1.54) is 0 Å². The molecular formula is C15H32N2O2. The Labute approximate surface area is 118 Å². The van der Waals surface area contributed by atoms with Crippen molar-refractivity contribution in [3.8, 4) is 0 Å². The molecule has 0 bridgehead atoms. The first-order valence-electron chi connectivity index (χ1n) is 7.43. The highest BCUT2D eigenvalue weighted by molar-refractivity contribution is 4.90. The summed E-state index contributed by atoms with van der Waals surface area (Å²) in [6, 6.07) is 0.398. The number of ether oxygens (including phenoxy) is 2. The first-order chi connectivity index (χ1) is 8.78. The molecule has 0 aromatic rings. The average molecular weight is 272 g/mol. The Hall–Kier alpha value is -0.160. The minimum atomic E-state index is -0.0792. The van der Waals surface area contributed by atoms with Crippen LogP contribution in [0.1, 0.15) is 41.0 Å². The normalized spacial score (nSPS) is 24.3. The monoisotopic (exact) mass is 272 g/mol. The number of rotatable bonds is 7. The van der Waals surface area contributed by atoms with E-state index in [2.05, 4.69) is 44.8 Å². The maximum absolute atomic E-state index is 6.12. The lowest BCUT2D eigenvalue weighted by molar-refractivity contribution is -0.181. The summed E-state index contributed by atoms with van der Waals surface area (Å²) in [5.74, 6) is 0. The van der Waals surface area contributed by atoms with Gasteiger partial charge in [0, 0.05) is 32.8 Å². The van der Waals surface area contributed by atoms with Gasteiger partial charge in [0.05, 0.1) is 17.8 Å². The van der Waals surface area contributed by atoms with Gasteiger partial charge >= 0.3 is 0 Å². The minimum Gasteiger partial charge on any atom is -0.383 e. The number of hydrogen-bond donors (Lipinski definition) is 1. The van der Waals surface area contributed by atoms with Gasteiger partial charge in [0.25, 0.3) is 0 Å². The van der Waals surface area contributed by atoms with Gasteiger partial charge in [0.15, 0.2) is 0 Å². The average Bonchev–Trinajstić information content (AvgIpc) is 2.21. The van der Waals surface area contributed by atoms with Crippen LogP contribution in [0.3, 0.4) is 0 Å². The zero-order valence-electron chi connectivity index (χ0n) is 13.6. The van der Waals surface area contributed by atoms with Crippen LogP contribution in [-0.4, -0.2) is 62.0 Å². The van der Waals surface area contributed by atoms with Crippen LogP contribution >= 0.6 is 0 Å². The summed E-state index contributed by atoms with van der Waals surface area (Å²) in [5, 5.41) is 3.56. The number of hydrogen-bond acceptors (Lipinski definition) is 4. The van der Waals surface area contributed by atoms with Crippen LogP contribution in [0, 0.1) is 0 Å². The zero-order valence-corrected chi connectivity index (χ0v) is 13.6. The summed E-state index contributed by atoms with van der Waals surface area (Å²) >= 11 is 0. The van der Waals surface area contributed by atoms with Crippen molar-refractivity contribution in [1.29, 1.82) is 0 Å². The van der Waals surface area contributed by atoms with Crippen LogP contribution in [0.2, 0.25) is 0 Å². The number of morpholine rings is 1. The molecule has 1 unspecified atom stereocenters. The first kappa shape index (κ1) is 16.9. The summed E-state index contributed by atoms with van der Waals surface area (Å²) in [6.07, 6.45) is 1.15. The number of nitrogens with zero attached hydrogens (tertiary/aromatic N) is 1. The summed E-state index contributed by atoms with van der Waals surface area (Å²) in [7, 11) is 1.77. The van der Waals surface area contributed by atoms with Crippen LogP contribution in [0.4, 0.5) is 0 Å². The highest BCUT2D eigenvalue weighted by Gasteiger charge is 2.38. The fraction of sp³-hybridized carbons (Fsp3) is 1.00. The number of nitrogens with one attached hydrogen (secondary N) is 1. The summed E-state index contributed by atoms with van der Waals surface area (Å²) < 4.78 is 11.4. The van der Waals surface area contributed by atoms with Gasteiger partial charge in [0.2, 0.25) is 0 Å². The molecule has 0 aliphatic carbocycles. The minimum absolute atomic E-state index is 0.0792. The van der Waals surface area contributed by atoms with E-state index in [0.717, 1.165) is 39.2 Å². The van der Waals surface area contributed by atoms with Crippen molar-refractivity contribution >= 4 is 0 Å². The van der Waals surface area contributed by atoms with E-state index in [1.807, 2.05) is 0 Å². The SMILES string of the molecule is CCCNC(COC)CN1CC(C)(C)OC(C)(C)C1. The quantitative estimate of drug-likeness (QED) is 0.767. The van der Waals surface area contributed by atoms with Gasteiger partial charge in [-0.25, -0.2) is 0 Å². The van der Waals surface area contributed by atoms with Crippen molar-refractivity contribution in [3.05, 3.63) is 0 Å². The van der Waals surface area contributed by atoms with Gasteiger partial charge in [-0.05, 0) is 40.7 Å². The Morgan fingerprint density at radius 3 is 2.26 bits per heavy atom. The Kier molecular flexibility index (Phi) is 6.24. The van der Waals surface area contributed by atoms with Crippen molar-refractivity contribution in [2.45, 2.75) is 58.3 Å². The van der Waals surface area contributed by atoms with Crippen LogP contribution in [-0.2, 0) is 9.47 Å². The predicted molar refractivity (Wildman–Crippen MR) is 79.6 cm³/mol. The molecule has 1 aliphatic rings. The van der Waals surface area contributed by atoms with E-state index < -0.39 is 0 Å². The first-order valence-corrected chi connectivity index (χ1v) is 7.43. The Balaban J connectivity index is 2.56. The third kappa shape index (κ3) is 6.21. The van der Waals surface area contributed by atoms with E-state index >= 15 is 0 Å². The van der Waals surface area contributed by atoms with Crippen molar-refractivity contribution in [3.63, 3.8) is 0 Å². The predicted octanol–water partition coefficient (Wildman–Crippen LogP) is 1.89. The molecule has 4 nitrogen and oxygen atoms in total. The van der Waals surface area contributed by atoms with Crippen molar-refractivity contribution in [2.24, 2.45) is 0 Å². The molecule has 1 saturated heterocycles. The fourth-order valence-corrected chi connectivity index (χ4v) is 3.11. The molecule has 0 radical (unpaired) electrons. The summed E-state index contributed by atoms with van der Waals surface area (Å²) in [5.41, 5.74) is -0.158. The molecule has 114 valence electrons. The van der Waals surface area contributed by atoms with Gasteiger partial charge < -0.3 is 14.8 Å². The highest BCUT2D eigenvalue weighted by atomic mass is 16.5. The van der Waals surface area contributed by atoms with Gasteiger partial charge in [0.1, 0.15) is 0 Å². The molecule has 1 heterocycles. The van der Waals surface area contributed by atoms with Gasteiger partial charge in [-0.3, -0.25) is 4.90 Å². The molecule has 0 amide bonds. The number of methoxy groups -OCH3 is 1. The van der Waals surface area contributed by atoms with Crippen molar-refractivity contribution in [1.82, 2.24) is 10.2 Å². The second kappa shape index (κ2) is 7.02. The molecule has 1 atom stereocenters. The fourth-order valence-electron chi connectivity index (χ4n) is 3.11. The maximum atomic E-state index is 6.12. The van der Waals surface area contributed by atoms with E-state index in [9.17, 15) is 0 Å². The van der Waals surface area contributed by atoms with Crippen molar-refractivity contribution in [2.75, 3.05) is 39.9 Å². The molecule has 4 heteroatoms. The molecule has 0 aromatic heterocycles. The largest absolute Gasteiger partial charge is 0.383 e. The van der Waals surface area contributed by atoms with Crippen LogP contribution in [0.15, 0.2) is 0 Å². The maximum Gasteiger partial charge on any atom is 0.0760 e. The molecule has 19 heavy (non-hydrogen) atoms. The van der Waals surface area contributed by atoms with E-state index in [0.29, 0.717) is 6.04 Å². The van der Waals surface area contributed by atoms with E-state index in [-0.39, 0.29) is 11.2 Å². The standard InChI is InChI=1S/C15H32N2O2/c1-7-8-16-13(10-18-6)9-17-11-14(2,3)19-15(4,5)12-17/h13,16H,7-12H2,1-6H3.